The van der Waals surface area contributed by atoms with E-state index in [-0.39, 0.29) is 18.6 Å². The lowest BCUT2D eigenvalue weighted by Gasteiger charge is -2.24. The maximum atomic E-state index is 12.1. The molecule has 2 amide bonds. The number of benzene rings is 1. The molecule has 1 aromatic rings. The predicted octanol–water partition coefficient (Wildman–Crippen LogP) is 2.55. The van der Waals surface area contributed by atoms with E-state index in [2.05, 4.69) is 10.6 Å². The fourth-order valence-electron chi connectivity index (χ4n) is 2.39. The molecule has 1 aliphatic carbocycles. The van der Waals surface area contributed by atoms with Gasteiger partial charge >= 0.3 is 6.03 Å². The Bertz CT molecular complexity index is 461. The van der Waals surface area contributed by atoms with Crippen LogP contribution in [-0.4, -0.2) is 35.3 Å². The number of rotatable bonds is 7. The maximum absolute atomic E-state index is 12.1. The molecule has 1 fully saturated rings. The van der Waals surface area contributed by atoms with Crippen molar-refractivity contribution in [2.24, 2.45) is 5.92 Å². The van der Waals surface area contributed by atoms with Crippen LogP contribution < -0.4 is 10.6 Å². The largest absolute Gasteiger partial charge is 0.387 e. The molecule has 0 radical (unpaired) electrons. The number of nitrogens with one attached hydrogen (secondary N) is 2. The molecule has 5 heteroatoms. The third kappa shape index (κ3) is 5.25. The first kappa shape index (κ1) is 16.2. The monoisotopic (exact) mass is 308 g/mol. The van der Waals surface area contributed by atoms with E-state index in [1.165, 1.54) is 0 Å². The Morgan fingerprint density at radius 1 is 1.43 bits per heavy atom. The fourth-order valence-corrected chi connectivity index (χ4v) is 3.11. The third-order valence-electron chi connectivity index (χ3n) is 3.62. The van der Waals surface area contributed by atoms with E-state index in [1.807, 2.05) is 36.6 Å². The Labute approximate surface area is 130 Å². The first-order chi connectivity index (χ1) is 10.0. The molecule has 21 heavy (non-hydrogen) atoms. The van der Waals surface area contributed by atoms with Crippen LogP contribution in [-0.2, 0) is 0 Å². The van der Waals surface area contributed by atoms with Gasteiger partial charge in [-0.25, -0.2) is 4.79 Å². The van der Waals surface area contributed by atoms with Crippen LogP contribution in [0.4, 0.5) is 4.79 Å². The van der Waals surface area contributed by atoms with Crippen LogP contribution in [0.2, 0.25) is 0 Å². The van der Waals surface area contributed by atoms with E-state index in [9.17, 15) is 9.90 Å². The van der Waals surface area contributed by atoms with E-state index in [0.29, 0.717) is 11.7 Å². The Hall–Kier alpha value is -1.20. The molecule has 1 aliphatic rings. The van der Waals surface area contributed by atoms with Crippen LogP contribution in [0.15, 0.2) is 30.3 Å². The van der Waals surface area contributed by atoms with Crippen LogP contribution in [0.3, 0.4) is 0 Å². The molecule has 0 aliphatic heterocycles. The zero-order valence-electron chi connectivity index (χ0n) is 12.6. The molecule has 0 spiro atoms. The topological polar surface area (TPSA) is 61.4 Å². The van der Waals surface area contributed by atoms with Gasteiger partial charge in [-0.2, -0.15) is 11.8 Å². The highest BCUT2D eigenvalue weighted by Crippen LogP contribution is 2.40. The van der Waals surface area contributed by atoms with Crippen LogP contribution >= 0.6 is 11.8 Å². The number of hydrogen-bond donors (Lipinski definition) is 3. The summed E-state index contributed by atoms with van der Waals surface area (Å²) in [6, 6.07) is 9.92. The molecule has 2 unspecified atom stereocenters. The van der Waals surface area contributed by atoms with Crippen molar-refractivity contribution in [3.63, 3.8) is 0 Å². The third-order valence-corrected chi connectivity index (χ3v) is 4.53. The molecule has 2 atom stereocenters. The second kappa shape index (κ2) is 7.18. The number of urea groups is 1. The zero-order valence-corrected chi connectivity index (χ0v) is 13.5. The lowest BCUT2D eigenvalue weighted by atomic mass is 10.0. The molecule has 0 saturated heterocycles. The average molecular weight is 308 g/mol. The normalized spacial score (nSPS) is 18.6. The molecule has 4 nitrogen and oxygen atoms in total. The van der Waals surface area contributed by atoms with Gasteiger partial charge in [-0.05, 0) is 37.5 Å². The van der Waals surface area contributed by atoms with E-state index in [4.69, 9.17) is 0 Å². The minimum absolute atomic E-state index is 0.0664. The molecule has 1 saturated carbocycles. The van der Waals surface area contributed by atoms with Gasteiger partial charge in [-0.15, -0.1) is 0 Å². The smallest absolute Gasteiger partial charge is 0.315 e. The summed E-state index contributed by atoms with van der Waals surface area (Å²) in [5.74, 6) is 1.13. The standard InChI is InChI=1S/C16H24N2O2S/c1-16(20,11-21-2)10-17-15(19)18-14(13-8-9-13)12-6-4-3-5-7-12/h3-7,13-14,20H,8-11H2,1-2H3,(H2,17,18,19). The first-order valence-electron chi connectivity index (χ1n) is 7.32. The van der Waals surface area contributed by atoms with Crippen LogP contribution in [0.1, 0.15) is 31.4 Å². The number of amides is 2. The van der Waals surface area contributed by atoms with Crippen LogP contribution in [0, 0.1) is 5.92 Å². The Kier molecular flexibility index (Phi) is 5.53. The Balaban J connectivity index is 1.88. The van der Waals surface area contributed by atoms with E-state index >= 15 is 0 Å². The highest BCUT2D eigenvalue weighted by atomic mass is 32.2. The second-order valence-electron chi connectivity index (χ2n) is 5.98. The lowest BCUT2D eigenvalue weighted by molar-refractivity contribution is 0.0867. The quantitative estimate of drug-likeness (QED) is 0.725. The van der Waals surface area contributed by atoms with Crippen molar-refractivity contribution >= 4 is 17.8 Å². The van der Waals surface area contributed by atoms with Crippen molar-refractivity contribution in [2.75, 3.05) is 18.6 Å². The van der Waals surface area contributed by atoms with Gasteiger partial charge in [0.15, 0.2) is 0 Å². The van der Waals surface area contributed by atoms with Crippen molar-refractivity contribution in [2.45, 2.75) is 31.4 Å². The van der Waals surface area contributed by atoms with Gasteiger partial charge in [-0.3, -0.25) is 0 Å². The molecule has 0 bridgehead atoms. The van der Waals surface area contributed by atoms with Crippen molar-refractivity contribution in [1.29, 1.82) is 0 Å². The minimum Gasteiger partial charge on any atom is -0.387 e. The number of hydrogen-bond acceptors (Lipinski definition) is 3. The Morgan fingerprint density at radius 2 is 2.10 bits per heavy atom. The molecule has 0 aromatic heterocycles. The van der Waals surface area contributed by atoms with E-state index in [1.54, 1.807) is 18.7 Å². The van der Waals surface area contributed by atoms with Gasteiger partial charge in [0.2, 0.25) is 0 Å². The van der Waals surface area contributed by atoms with Crippen LogP contribution in [0.25, 0.3) is 0 Å². The molecule has 1 aromatic carbocycles. The van der Waals surface area contributed by atoms with Gasteiger partial charge in [0, 0.05) is 12.3 Å². The summed E-state index contributed by atoms with van der Waals surface area (Å²) in [6.45, 7) is 1.99. The molecule has 0 heterocycles. The van der Waals surface area contributed by atoms with Crippen molar-refractivity contribution in [3.05, 3.63) is 35.9 Å². The van der Waals surface area contributed by atoms with E-state index < -0.39 is 5.60 Å². The van der Waals surface area contributed by atoms with Crippen molar-refractivity contribution in [1.82, 2.24) is 10.6 Å². The number of thioether (sulfide) groups is 1. The summed E-state index contributed by atoms with van der Waals surface area (Å²) in [5, 5.41) is 15.9. The minimum atomic E-state index is -0.876. The molecular formula is C16H24N2O2S. The number of carbonyl (C=O) groups is 1. The highest BCUT2D eigenvalue weighted by Gasteiger charge is 2.33. The van der Waals surface area contributed by atoms with Gasteiger partial charge in [-0.1, -0.05) is 30.3 Å². The molecular weight excluding hydrogens is 284 g/mol. The summed E-state index contributed by atoms with van der Waals surface area (Å²) in [5.41, 5.74) is 0.268. The lowest BCUT2D eigenvalue weighted by Crippen LogP contribution is -2.47. The zero-order chi connectivity index (χ0) is 15.3. The summed E-state index contributed by atoms with van der Waals surface area (Å²) in [7, 11) is 0. The van der Waals surface area contributed by atoms with Crippen LogP contribution in [0.5, 0.6) is 0 Å². The predicted molar refractivity (Wildman–Crippen MR) is 87.4 cm³/mol. The maximum Gasteiger partial charge on any atom is 0.315 e. The molecule has 3 N–H and O–H groups in total. The summed E-state index contributed by atoms with van der Waals surface area (Å²) >= 11 is 1.56. The SMILES string of the molecule is CSCC(C)(O)CNC(=O)NC(c1ccccc1)C1CC1. The second-order valence-corrected chi connectivity index (χ2v) is 6.85. The van der Waals surface area contributed by atoms with Crippen molar-refractivity contribution in [3.8, 4) is 0 Å². The van der Waals surface area contributed by atoms with Gasteiger partial charge in [0.05, 0.1) is 11.6 Å². The summed E-state index contributed by atoms with van der Waals surface area (Å²) in [4.78, 5) is 12.1. The number of carbonyl (C=O) groups excluding carboxylic acids is 1. The number of aliphatic hydroxyl groups is 1. The van der Waals surface area contributed by atoms with Gasteiger partial charge in [0.1, 0.15) is 0 Å². The summed E-state index contributed by atoms with van der Waals surface area (Å²) < 4.78 is 0. The fraction of sp³-hybridized carbons (Fsp3) is 0.562. The average Bonchev–Trinajstić information content (AvgIpc) is 3.28. The van der Waals surface area contributed by atoms with Gasteiger partial charge < -0.3 is 15.7 Å². The summed E-state index contributed by atoms with van der Waals surface area (Å²) in [6.07, 6.45) is 4.25. The first-order valence-corrected chi connectivity index (χ1v) is 8.72. The molecule has 2 rings (SSSR count). The van der Waals surface area contributed by atoms with Crippen molar-refractivity contribution < 1.29 is 9.90 Å². The Morgan fingerprint density at radius 3 is 2.67 bits per heavy atom. The molecule has 116 valence electrons. The van der Waals surface area contributed by atoms with E-state index in [0.717, 1.165) is 18.4 Å². The van der Waals surface area contributed by atoms with Gasteiger partial charge in [0.25, 0.3) is 0 Å². The highest BCUT2D eigenvalue weighted by molar-refractivity contribution is 7.98.